The van der Waals surface area contributed by atoms with E-state index in [1.54, 1.807) is 49.6 Å². The van der Waals surface area contributed by atoms with Gasteiger partial charge in [-0.3, -0.25) is 20.1 Å². The summed E-state index contributed by atoms with van der Waals surface area (Å²) in [4.78, 5) is 36.7. The zero-order chi connectivity index (χ0) is 42.3. The number of anilines is 5. The number of nitrogens with zero attached hydrogens (tertiary/aromatic N) is 7. The fourth-order valence-electron chi connectivity index (χ4n) is 6.09. The van der Waals surface area contributed by atoms with Gasteiger partial charge in [-0.2, -0.15) is 0 Å². The van der Waals surface area contributed by atoms with Crippen LogP contribution in [-0.2, 0) is 13.2 Å². The lowest BCUT2D eigenvalue weighted by Gasteiger charge is -2.13. The molecule has 302 valence electrons. The third kappa shape index (κ3) is 9.58. The Hall–Kier alpha value is -7.16. The minimum absolute atomic E-state index is 0.00464. The van der Waals surface area contributed by atoms with Crippen LogP contribution in [-0.4, -0.2) is 34.8 Å². The van der Waals surface area contributed by atoms with Crippen molar-refractivity contribution in [1.82, 2.24) is 29.9 Å². The number of benzene rings is 4. The molecule has 0 bridgehead atoms. The molecule has 0 aliphatic heterocycles. The molecular formula is C44H38Cl2N10O4. The second-order valence-corrected chi connectivity index (χ2v) is 14.5. The van der Waals surface area contributed by atoms with Gasteiger partial charge < -0.3 is 25.8 Å². The van der Waals surface area contributed by atoms with E-state index in [1.807, 2.05) is 69.3 Å². The SMILES string of the molecule is Cc1cc2ncnc(Nc3ccc(OCc4ncccc4C)cc3Cl)c2cc1N.Cc1cc2ncnc(Nc3ccc(OCc4ncccc4C)cc3Cl)c2cc1[N+](=O)[O-]. The van der Waals surface area contributed by atoms with Crippen molar-refractivity contribution >= 4 is 79.4 Å². The minimum atomic E-state index is -0.423. The number of aryl methyl sites for hydroxylation is 4. The highest BCUT2D eigenvalue weighted by Gasteiger charge is 2.16. The minimum Gasteiger partial charge on any atom is -0.487 e. The first-order valence-electron chi connectivity index (χ1n) is 18.5. The molecule has 0 amide bonds. The predicted molar refractivity (Wildman–Crippen MR) is 236 cm³/mol. The Kier molecular flexibility index (Phi) is 12.4. The summed E-state index contributed by atoms with van der Waals surface area (Å²) in [5, 5.41) is 20.0. The molecule has 4 aromatic carbocycles. The molecular weight excluding hydrogens is 803 g/mol. The summed E-state index contributed by atoms with van der Waals surface area (Å²) in [6.45, 7) is 8.32. The summed E-state index contributed by atoms with van der Waals surface area (Å²) < 4.78 is 11.7. The number of nitro benzene ring substituents is 1. The number of rotatable bonds is 11. The van der Waals surface area contributed by atoms with Gasteiger partial charge in [-0.15, -0.1) is 0 Å². The first-order chi connectivity index (χ1) is 28.9. The highest BCUT2D eigenvalue weighted by molar-refractivity contribution is 6.34. The maximum Gasteiger partial charge on any atom is 0.273 e. The van der Waals surface area contributed by atoms with E-state index in [1.165, 1.54) is 18.7 Å². The van der Waals surface area contributed by atoms with Gasteiger partial charge in [-0.1, -0.05) is 35.3 Å². The van der Waals surface area contributed by atoms with Gasteiger partial charge in [0, 0.05) is 52.6 Å². The van der Waals surface area contributed by atoms with E-state index in [9.17, 15) is 10.1 Å². The Bertz CT molecular complexity index is 2880. The van der Waals surface area contributed by atoms with Crippen molar-refractivity contribution in [2.75, 3.05) is 16.4 Å². The molecule has 0 spiro atoms. The largest absolute Gasteiger partial charge is 0.487 e. The molecule has 0 atom stereocenters. The van der Waals surface area contributed by atoms with Gasteiger partial charge >= 0.3 is 0 Å². The molecule has 8 aromatic rings. The number of nitrogen functional groups attached to an aromatic ring is 1. The average Bonchev–Trinajstić information content (AvgIpc) is 3.22. The smallest absolute Gasteiger partial charge is 0.273 e. The molecule has 0 saturated heterocycles. The Labute approximate surface area is 355 Å². The third-order valence-corrected chi connectivity index (χ3v) is 10.2. The molecule has 8 rings (SSSR count). The van der Waals surface area contributed by atoms with Crippen LogP contribution in [0.1, 0.15) is 33.6 Å². The highest BCUT2D eigenvalue weighted by atomic mass is 35.5. The topological polar surface area (TPSA) is 189 Å². The summed E-state index contributed by atoms with van der Waals surface area (Å²) in [5.74, 6) is 2.33. The molecule has 4 N–H and O–H groups in total. The number of hydrogen-bond donors (Lipinski definition) is 3. The van der Waals surface area contributed by atoms with E-state index < -0.39 is 4.92 Å². The van der Waals surface area contributed by atoms with Gasteiger partial charge in [0.25, 0.3) is 5.69 Å². The van der Waals surface area contributed by atoms with E-state index in [4.69, 9.17) is 38.4 Å². The number of halogens is 2. The lowest BCUT2D eigenvalue weighted by molar-refractivity contribution is -0.385. The number of fused-ring (bicyclic) bond motifs is 2. The molecule has 0 radical (unpaired) electrons. The number of nitro groups is 1. The molecule has 4 aromatic heterocycles. The number of hydrogen-bond acceptors (Lipinski definition) is 13. The maximum atomic E-state index is 11.3. The van der Waals surface area contributed by atoms with Crippen LogP contribution in [0.5, 0.6) is 11.5 Å². The van der Waals surface area contributed by atoms with Gasteiger partial charge in [0.05, 0.1) is 48.8 Å². The van der Waals surface area contributed by atoms with Crippen molar-refractivity contribution in [3.63, 3.8) is 0 Å². The third-order valence-electron chi connectivity index (χ3n) is 9.55. The van der Waals surface area contributed by atoms with E-state index in [0.29, 0.717) is 79.9 Å². The molecule has 16 heteroatoms. The molecule has 0 aliphatic carbocycles. The maximum absolute atomic E-state index is 11.3. The average molecular weight is 842 g/mol. The molecule has 0 unspecified atom stereocenters. The van der Waals surface area contributed by atoms with Crippen LogP contribution in [0.3, 0.4) is 0 Å². The number of nitrogens with one attached hydrogen (secondary N) is 2. The van der Waals surface area contributed by atoms with Gasteiger partial charge in [0.15, 0.2) is 0 Å². The van der Waals surface area contributed by atoms with Gasteiger partial charge in [0.2, 0.25) is 0 Å². The number of aromatic nitrogens is 6. The van der Waals surface area contributed by atoms with Crippen LogP contribution in [0.4, 0.5) is 34.4 Å². The van der Waals surface area contributed by atoms with E-state index >= 15 is 0 Å². The zero-order valence-corrected chi connectivity index (χ0v) is 34.4. The monoisotopic (exact) mass is 840 g/mol. The molecule has 0 aliphatic rings. The lowest BCUT2D eigenvalue weighted by atomic mass is 10.1. The number of nitrogens with two attached hydrogens (primary N) is 1. The standard InChI is InChI=1S/C22H18ClN5O3.C22H20ClN5O/c1-13-4-3-7-24-20(13)11-31-15-5-6-18(17(23)9-15)27-22-16-10-21(28(29)30)14(2)8-19(16)25-12-26-22;1-13-4-3-7-25-21(13)11-29-15-5-6-19(17(23)9-15)28-22-16-10-18(24)14(2)8-20(16)26-12-27-22/h3-10,12H,11H2,1-2H3,(H,25,26,27);3-10,12H,11,24H2,1-2H3,(H,26,27,28). The Morgan fingerprint density at radius 3 is 1.57 bits per heavy atom. The first kappa shape index (κ1) is 41.0. The van der Waals surface area contributed by atoms with Crippen LogP contribution in [0, 0.1) is 37.8 Å². The van der Waals surface area contributed by atoms with Crippen molar-refractivity contribution < 1.29 is 14.4 Å². The first-order valence-corrected chi connectivity index (χ1v) is 19.3. The Morgan fingerprint density at radius 1 is 0.617 bits per heavy atom. The quantitative estimate of drug-likeness (QED) is 0.0634. The second kappa shape index (κ2) is 18.2. The van der Waals surface area contributed by atoms with Gasteiger partial charge in [-0.25, -0.2) is 19.9 Å². The fourth-order valence-corrected chi connectivity index (χ4v) is 6.52. The number of pyridine rings is 2. The summed E-state index contributed by atoms with van der Waals surface area (Å²) in [7, 11) is 0. The Balaban J connectivity index is 0.000000182. The van der Waals surface area contributed by atoms with E-state index in [2.05, 4.69) is 40.5 Å². The molecule has 0 fully saturated rings. The molecule has 14 nitrogen and oxygen atoms in total. The van der Waals surface area contributed by atoms with Crippen LogP contribution < -0.4 is 25.8 Å². The van der Waals surface area contributed by atoms with Gasteiger partial charge in [-0.05, 0) is 99.0 Å². The van der Waals surface area contributed by atoms with Crippen molar-refractivity contribution in [2.24, 2.45) is 0 Å². The summed E-state index contributed by atoms with van der Waals surface area (Å²) in [6.07, 6.45) is 6.40. The fraction of sp³-hybridized carbons (Fsp3) is 0.136. The van der Waals surface area contributed by atoms with Crippen molar-refractivity contribution in [1.29, 1.82) is 0 Å². The molecule has 60 heavy (non-hydrogen) atoms. The van der Waals surface area contributed by atoms with Gasteiger partial charge in [0.1, 0.15) is 49.0 Å². The molecule has 0 saturated carbocycles. The predicted octanol–water partition coefficient (Wildman–Crippen LogP) is 10.7. The van der Waals surface area contributed by atoms with Crippen LogP contribution in [0.15, 0.2) is 110 Å². The highest BCUT2D eigenvalue weighted by Crippen LogP contribution is 2.35. The second-order valence-electron chi connectivity index (χ2n) is 13.7. The van der Waals surface area contributed by atoms with Crippen LogP contribution in [0.25, 0.3) is 21.8 Å². The summed E-state index contributed by atoms with van der Waals surface area (Å²) in [5.41, 5.74) is 14.9. The van der Waals surface area contributed by atoms with E-state index in [-0.39, 0.29) is 5.69 Å². The zero-order valence-electron chi connectivity index (χ0n) is 32.9. The van der Waals surface area contributed by atoms with Crippen LogP contribution >= 0.6 is 23.2 Å². The van der Waals surface area contributed by atoms with Crippen molar-refractivity contribution in [3.05, 3.63) is 164 Å². The molecule has 4 heterocycles. The van der Waals surface area contributed by atoms with Crippen molar-refractivity contribution in [3.8, 4) is 11.5 Å². The van der Waals surface area contributed by atoms with E-state index in [0.717, 1.165) is 39.0 Å². The normalized spacial score (nSPS) is 10.8. The summed E-state index contributed by atoms with van der Waals surface area (Å²) in [6, 6.07) is 25.4. The lowest BCUT2D eigenvalue weighted by Crippen LogP contribution is -2.01. The van der Waals surface area contributed by atoms with Crippen molar-refractivity contribution in [2.45, 2.75) is 40.9 Å². The Morgan fingerprint density at radius 2 is 1.10 bits per heavy atom. The van der Waals surface area contributed by atoms with Crippen LogP contribution in [0.2, 0.25) is 10.0 Å². The number of ether oxygens (including phenoxy) is 2. The summed E-state index contributed by atoms with van der Waals surface area (Å²) >= 11 is 12.9.